The lowest BCUT2D eigenvalue weighted by atomic mass is 9.76. The van der Waals surface area contributed by atoms with Gasteiger partial charge >= 0.3 is 6.09 Å². The first kappa shape index (κ1) is 14.2. The van der Waals surface area contributed by atoms with Crippen molar-refractivity contribution in [3.05, 3.63) is 34.9 Å². The summed E-state index contributed by atoms with van der Waals surface area (Å²) in [6, 6.07) is 8.13. The van der Waals surface area contributed by atoms with Gasteiger partial charge in [0.2, 0.25) is 0 Å². The second kappa shape index (κ2) is 5.41. The van der Waals surface area contributed by atoms with Crippen molar-refractivity contribution >= 4 is 17.7 Å². The van der Waals surface area contributed by atoms with Crippen LogP contribution in [0.4, 0.5) is 4.79 Å². The summed E-state index contributed by atoms with van der Waals surface area (Å²) in [5.41, 5.74) is 0.801. The molecule has 0 atom stereocenters. The third kappa shape index (κ3) is 4.13. The zero-order valence-corrected chi connectivity index (χ0v) is 12.3. The number of alkyl carbamates (subject to hydrolysis) is 1. The molecule has 0 heterocycles. The Morgan fingerprint density at radius 3 is 2.63 bits per heavy atom. The van der Waals surface area contributed by atoms with E-state index in [-0.39, 0.29) is 12.1 Å². The predicted molar refractivity (Wildman–Crippen MR) is 76.6 cm³/mol. The van der Waals surface area contributed by atoms with Gasteiger partial charge in [-0.2, -0.15) is 0 Å². The van der Waals surface area contributed by atoms with Crippen LogP contribution in [0.25, 0.3) is 0 Å². The molecule has 3 nitrogen and oxygen atoms in total. The zero-order valence-electron chi connectivity index (χ0n) is 11.6. The quantitative estimate of drug-likeness (QED) is 0.886. The molecule has 2 rings (SSSR count). The minimum Gasteiger partial charge on any atom is -0.444 e. The van der Waals surface area contributed by atoms with Crippen molar-refractivity contribution in [2.24, 2.45) is 0 Å². The number of halogens is 1. The van der Waals surface area contributed by atoms with E-state index in [4.69, 9.17) is 16.3 Å². The van der Waals surface area contributed by atoms with Crippen LogP contribution in [0.3, 0.4) is 0 Å². The number of carbonyl (C=O) groups excluding carboxylic acids is 1. The largest absolute Gasteiger partial charge is 0.444 e. The van der Waals surface area contributed by atoms with Crippen molar-refractivity contribution in [2.45, 2.75) is 51.2 Å². The molecule has 1 saturated carbocycles. The SMILES string of the molecule is CC(C)(C)OC(=O)N[C@H]1C[C@H](c2cccc(Cl)c2)C1. The summed E-state index contributed by atoms with van der Waals surface area (Å²) in [6.07, 6.45) is 1.56. The average Bonchev–Trinajstić information content (AvgIpc) is 2.20. The fourth-order valence-electron chi connectivity index (χ4n) is 2.24. The summed E-state index contributed by atoms with van der Waals surface area (Å²) in [6.45, 7) is 5.59. The second-order valence-corrected chi connectivity index (χ2v) is 6.50. The maximum Gasteiger partial charge on any atom is 0.407 e. The Labute approximate surface area is 119 Å². The maximum absolute atomic E-state index is 11.6. The molecule has 0 bridgehead atoms. The molecule has 1 amide bonds. The van der Waals surface area contributed by atoms with Crippen molar-refractivity contribution in [1.29, 1.82) is 0 Å². The molecular formula is C15H20ClNO2. The van der Waals surface area contributed by atoms with E-state index in [9.17, 15) is 4.79 Å². The van der Waals surface area contributed by atoms with E-state index in [1.807, 2.05) is 39.0 Å². The second-order valence-electron chi connectivity index (χ2n) is 6.07. The van der Waals surface area contributed by atoms with Crippen molar-refractivity contribution in [1.82, 2.24) is 5.32 Å². The van der Waals surface area contributed by atoms with Gasteiger partial charge in [-0.15, -0.1) is 0 Å². The molecule has 1 N–H and O–H groups in total. The van der Waals surface area contributed by atoms with Crippen molar-refractivity contribution in [3.63, 3.8) is 0 Å². The van der Waals surface area contributed by atoms with Crippen LogP contribution in [0, 0.1) is 0 Å². The molecule has 19 heavy (non-hydrogen) atoms. The molecule has 1 aliphatic carbocycles. The van der Waals surface area contributed by atoms with Crippen LogP contribution in [0.2, 0.25) is 5.02 Å². The Balaban J connectivity index is 1.79. The standard InChI is InChI=1S/C15H20ClNO2/c1-15(2,3)19-14(18)17-13-8-11(9-13)10-5-4-6-12(16)7-10/h4-7,11,13H,8-9H2,1-3H3,(H,17,18)/t11-,13-. The highest BCUT2D eigenvalue weighted by molar-refractivity contribution is 6.30. The van der Waals surface area contributed by atoms with Gasteiger partial charge in [0.05, 0.1) is 0 Å². The number of amides is 1. The van der Waals surface area contributed by atoms with E-state index in [1.165, 1.54) is 5.56 Å². The monoisotopic (exact) mass is 281 g/mol. The molecule has 0 aliphatic heterocycles. The fourth-order valence-corrected chi connectivity index (χ4v) is 2.44. The Morgan fingerprint density at radius 1 is 1.37 bits per heavy atom. The summed E-state index contributed by atoms with van der Waals surface area (Å²) in [7, 11) is 0. The van der Waals surface area contributed by atoms with Gasteiger partial charge in [0.1, 0.15) is 5.60 Å². The van der Waals surface area contributed by atoms with Gasteiger partial charge in [-0.25, -0.2) is 4.79 Å². The van der Waals surface area contributed by atoms with Crippen molar-refractivity contribution < 1.29 is 9.53 Å². The van der Waals surface area contributed by atoms with E-state index in [0.717, 1.165) is 17.9 Å². The summed E-state index contributed by atoms with van der Waals surface area (Å²) in [5.74, 6) is 0.485. The molecule has 1 aromatic carbocycles. The van der Waals surface area contributed by atoms with Gasteiger partial charge in [0.15, 0.2) is 0 Å². The smallest absolute Gasteiger partial charge is 0.407 e. The van der Waals surface area contributed by atoms with Crippen LogP contribution < -0.4 is 5.32 Å². The summed E-state index contributed by atoms with van der Waals surface area (Å²) >= 11 is 5.97. The number of benzene rings is 1. The minimum absolute atomic E-state index is 0.207. The number of carbonyl (C=O) groups is 1. The third-order valence-corrected chi connectivity index (χ3v) is 3.41. The van der Waals surface area contributed by atoms with E-state index >= 15 is 0 Å². The topological polar surface area (TPSA) is 38.3 Å². The highest BCUT2D eigenvalue weighted by Crippen LogP contribution is 2.37. The highest BCUT2D eigenvalue weighted by Gasteiger charge is 2.32. The fraction of sp³-hybridized carbons (Fsp3) is 0.533. The normalized spacial score (nSPS) is 22.5. The van der Waals surface area contributed by atoms with Crippen LogP contribution in [0.5, 0.6) is 0 Å². The highest BCUT2D eigenvalue weighted by atomic mass is 35.5. The summed E-state index contributed by atoms with van der Waals surface area (Å²) in [5, 5.41) is 3.66. The van der Waals surface area contributed by atoms with Crippen LogP contribution in [0.1, 0.15) is 45.1 Å². The first-order chi connectivity index (χ1) is 8.83. The van der Waals surface area contributed by atoms with Gasteiger partial charge < -0.3 is 10.1 Å². The number of hydrogen-bond acceptors (Lipinski definition) is 2. The molecule has 1 aliphatic rings. The molecule has 4 heteroatoms. The summed E-state index contributed by atoms with van der Waals surface area (Å²) < 4.78 is 5.23. The van der Waals surface area contributed by atoms with Crippen LogP contribution in [0.15, 0.2) is 24.3 Å². The molecule has 0 unspecified atom stereocenters. The number of ether oxygens (including phenoxy) is 1. The lowest BCUT2D eigenvalue weighted by Gasteiger charge is -2.36. The lowest BCUT2D eigenvalue weighted by molar-refractivity contribution is 0.0471. The molecule has 0 saturated heterocycles. The average molecular weight is 282 g/mol. The molecule has 0 radical (unpaired) electrons. The van der Waals surface area contributed by atoms with Crippen LogP contribution in [-0.4, -0.2) is 17.7 Å². The van der Waals surface area contributed by atoms with Gasteiger partial charge in [-0.05, 0) is 57.2 Å². The molecule has 104 valence electrons. The number of nitrogens with one attached hydrogen (secondary N) is 1. The molecule has 1 fully saturated rings. The summed E-state index contributed by atoms with van der Waals surface area (Å²) in [4.78, 5) is 11.6. The first-order valence-corrected chi connectivity index (χ1v) is 6.96. The predicted octanol–water partition coefficient (Wildman–Crippen LogP) is 4.11. The van der Waals surface area contributed by atoms with Gasteiger partial charge in [-0.3, -0.25) is 0 Å². The maximum atomic E-state index is 11.6. The number of hydrogen-bond donors (Lipinski definition) is 1. The van der Waals surface area contributed by atoms with Gasteiger partial charge in [0, 0.05) is 11.1 Å². The molecule has 0 aromatic heterocycles. The Hall–Kier alpha value is -1.22. The van der Waals surface area contributed by atoms with E-state index in [2.05, 4.69) is 11.4 Å². The van der Waals surface area contributed by atoms with Crippen LogP contribution >= 0.6 is 11.6 Å². The van der Waals surface area contributed by atoms with E-state index < -0.39 is 5.60 Å². The number of rotatable bonds is 2. The zero-order chi connectivity index (χ0) is 14.0. The van der Waals surface area contributed by atoms with Gasteiger partial charge in [-0.1, -0.05) is 23.7 Å². The lowest BCUT2D eigenvalue weighted by Crippen LogP contribution is -2.45. The Kier molecular flexibility index (Phi) is 4.04. The Bertz CT molecular complexity index is 461. The third-order valence-electron chi connectivity index (χ3n) is 3.18. The molecule has 1 aromatic rings. The van der Waals surface area contributed by atoms with E-state index in [1.54, 1.807) is 0 Å². The van der Waals surface area contributed by atoms with E-state index in [0.29, 0.717) is 5.92 Å². The molecule has 0 spiro atoms. The van der Waals surface area contributed by atoms with Crippen molar-refractivity contribution in [2.75, 3.05) is 0 Å². The molecular weight excluding hydrogens is 262 g/mol. The Morgan fingerprint density at radius 2 is 2.05 bits per heavy atom. The van der Waals surface area contributed by atoms with Crippen molar-refractivity contribution in [3.8, 4) is 0 Å². The minimum atomic E-state index is -0.444. The first-order valence-electron chi connectivity index (χ1n) is 6.58. The van der Waals surface area contributed by atoms with Gasteiger partial charge in [0.25, 0.3) is 0 Å². The van der Waals surface area contributed by atoms with Crippen LogP contribution in [-0.2, 0) is 4.74 Å².